The first-order chi connectivity index (χ1) is 8.61. The maximum Gasteiger partial charge on any atom is 0.409 e. The Balaban J connectivity index is 2.46. The zero-order valence-corrected chi connectivity index (χ0v) is 11.2. The first-order valence-electron chi connectivity index (χ1n) is 5.36. The zero-order chi connectivity index (χ0) is 13.1. The van der Waals surface area contributed by atoms with Crippen LogP contribution in [0.25, 0.3) is 11.3 Å². The average molecular weight is 311 g/mol. The fourth-order valence-corrected chi connectivity index (χ4v) is 1.86. The predicted octanol–water partition coefficient (Wildman–Crippen LogP) is 3.76. The second-order valence-corrected chi connectivity index (χ2v) is 4.54. The number of anilines is 1. The summed E-state index contributed by atoms with van der Waals surface area (Å²) in [6.07, 6.45) is -0.540. The van der Waals surface area contributed by atoms with Crippen molar-refractivity contribution < 1.29 is 14.4 Å². The number of nitrogens with zero attached hydrogens (tertiary/aromatic N) is 1. The number of aryl methyl sites for hydroxylation is 1. The Morgan fingerprint density at radius 1 is 1.44 bits per heavy atom. The standard InChI is InChI=1S/C12H11BrN2O3/c1-2-9-10(14-12(16)17)11(18-15-9)7-3-5-8(13)6-4-7/h3-6,14H,2H2,1H3,(H,16,17). The van der Waals surface area contributed by atoms with Crippen LogP contribution in [-0.4, -0.2) is 16.4 Å². The molecule has 1 heterocycles. The summed E-state index contributed by atoms with van der Waals surface area (Å²) in [5.41, 5.74) is 1.77. The minimum atomic E-state index is -1.13. The maximum atomic E-state index is 10.8. The van der Waals surface area contributed by atoms with Crippen LogP contribution in [0.1, 0.15) is 12.6 Å². The number of amides is 1. The highest BCUT2D eigenvalue weighted by atomic mass is 79.9. The van der Waals surface area contributed by atoms with E-state index in [-0.39, 0.29) is 0 Å². The van der Waals surface area contributed by atoms with Gasteiger partial charge in [0.25, 0.3) is 0 Å². The molecule has 0 saturated heterocycles. The van der Waals surface area contributed by atoms with Crippen molar-refractivity contribution in [2.24, 2.45) is 0 Å². The molecular weight excluding hydrogens is 300 g/mol. The fraction of sp³-hybridized carbons (Fsp3) is 0.167. The minimum Gasteiger partial charge on any atom is -0.465 e. The second-order valence-electron chi connectivity index (χ2n) is 3.62. The molecule has 94 valence electrons. The summed E-state index contributed by atoms with van der Waals surface area (Å²) in [7, 11) is 0. The van der Waals surface area contributed by atoms with Crippen LogP contribution < -0.4 is 5.32 Å². The first kappa shape index (κ1) is 12.6. The normalized spacial score (nSPS) is 10.3. The molecule has 0 aliphatic heterocycles. The Labute approximate surface area is 112 Å². The number of hydrogen-bond donors (Lipinski definition) is 2. The van der Waals surface area contributed by atoms with Crippen LogP contribution in [0.5, 0.6) is 0 Å². The lowest BCUT2D eigenvalue weighted by molar-refractivity contribution is 0.209. The molecule has 0 aliphatic carbocycles. The van der Waals surface area contributed by atoms with Crippen LogP contribution in [-0.2, 0) is 6.42 Å². The molecule has 5 nitrogen and oxygen atoms in total. The van der Waals surface area contributed by atoms with Crippen LogP contribution in [0.4, 0.5) is 10.5 Å². The first-order valence-corrected chi connectivity index (χ1v) is 6.15. The van der Waals surface area contributed by atoms with Crippen LogP contribution in [0.15, 0.2) is 33.3 Å². The van der Waals surface area contributed by atoms with Crippen molar-refractivity contribution in [2.45, 2.75) is 13.3 Å². The summed E-state index contributed by atoms with van der Waals surface area (Å²) in [5, 5.41) is 15.0. The maximum absolute atomic E-state index is 10.8. The Kier molecular flexibility index (Phi) is 3.66. The third-order valence-corrected chi connectivity index (χ3v) is 2.96. The Hall–Kier alpha value is -1.82. The van der Waals surface area contributed by atoms with Gasteiger partial charge in [-0.05, 0) is 30.7 Å². The van der Waals surface area contributed by atoms with Gasteiger partial charge >= 0.3 is 6.09 Å². The van der Waals surface area contributed by atoms with Gasteiger partial charge in [-0.1, -0.05) is 28.0 Å². The minimum absolute atomic E-state index is 0.410. The van der Waals surface area contributed by atoms with E-state index in [1.54, 1.807) is 0 Å². The van der Waals surface area contributed by atoms with Crippen LogP contribution >= 0.6 is 15.9 Å². The van der Waals surface area contributed by atoms with Crippen molar-refractivity contribution in [1.82, 2.24) is 5.16 Å². The Morgan fingerprint density at radius 2 is 2.11 bits per heavy atom. The molecule has 0 saturated carbocycles. The third-order valence-electron chi connectivity index (χ3n) is 2.44. The van der Waals surface area contributed by atoms with Gasteiger partial charge in [-0.15, -0.1) is 0 Å². The summed E-state index contributed by atoms with van der Waals surface area (Å²) in [6.45, 7) is 1.89. The van der Waals surface area contributed by atoms with Gasteiger partial charge in [0, 0.05) is 10.0 Å². The molecule has 1 amide bonds. The molecule has 2 aromatic rings. The van der Waals surface area contributed by atoms with Crippen LogP contribution in [0, 0.1) is 0 Å². The molecule has 0 spiro atoms. The average Bonchev–Trinajstić information content (AvgIpc) is 2.72. The molecule has 1 aromatic heterocycles. The highest BCUT2D eigenvalue weighted by Crippen LogP contribution is 2.32. The van der Waals surface area contributed by atoms with E-state index in [0.29, 0.717) is 23.6 Å². The second kappa shape index (κ2) is 5.22. The molecule has 2 N–H and O–H groups in total. The lowest BCUT2D eigenvalue weighted by atomic mass is 10.1. The van der Waals surface area contributed by atoms with E-state index in [0.717, 1.165) is 10.0 Å². The largest absolute Gasteiger partial charge is 0.465 e. The van der Waals surface area contributed by atoms with Gasteiger partial charge < -0.3 is 9.63 Å². The van der Waals surface area contributed by atoms with Crippen molar-refractivity contribution in [2.75, 3.05) is 5.32 Å². The van der Waals surface area contributed by atoms with Gasteiger partial charge in [0.05, 0.1) is 0 Å². The Bertz CT molecular complexity index is 563. The summed E-state index contributed by atoms with van der Waals surface area (Å²) < 4.78 is 6.16. The van der Waals surface area contributed by atoms with Gasteiger partial charge in [-0.3, -0.25) is 5.32 Å². The topological polar surface area (TPSA) is 75.4 Å². The van der Waals surface area contributed by atoms with Crippen molar-refractivity contribution in [1.29, 1.82) is 0 Å². The molecule has 0 radical (unpaired) electrons. The van der Waals surface area contributed by atoms with Gasteiger partial charge in [0.15, 0.2) is 5.76 Å². The predicted molar refractivity (Wildman–Crippen MR) is 70.7 cm³/mol. The number of benzene rings is 1. The van der Waals surface area contributed by atoms with Crippen molar-refractivity contribution >= 4 is 27.7 Å². The molecule has 18 heavy (non-hydrogen) atoms. The molecule has 0 fully saturated rings. The molecule has 1 aromatic carbocycles. The van der Waals surface area contributed by atoms with E-state index < -0.39 is 6.09 Å². The van der Waals surface area contributed by atoms with Crippen LogP contribution in [0.3, 0.4) is 0 Å². The highest BCUT2D eigenvalue weighted by Gasteiger charge is 2.18. The lowest BCUT2D eigenvalue weighted by Crippen LogP contribution is -2.09. The van der Waals surface area contributed by atoms with E-state index in [9.17, 15) is 4.79 Å². The van der Waals surface area contributed by atoms with E-state index in [4.69, 9.17) is 9.63 Å². The summed E-state index contributed by atoms with van der Waals surface area (Å²) in [6, 6.07) is 7.37. The fourth-order valence-electron chi connectivity index (χ4n) is 1.60. The van der Waals surface area contributed by atoms with Gasteiger partial charge in [-0.2, -0.15) is 0 Å². The quantitative estimate of drug-likeness (QED) is 0.905. The van der Waals surface area contributed by atoms with E-state index >= 15 is 0 Å². The van der Waals surface area contributed by atoms with Crippen molar-refractivity contribution in [3.05, 3.63) is 34.4 Å². The molecule has 0 aliphatic rings. The van der Waals surface area contributed by atoms with Crippen molar-refractivity contribution in [3.63, 3.8) is 0 Å². The highest BCUT2D eigenvalue weighted by molar-refractivity contribution is 9.10. The monoisotopic (exact) mass is 310 g/mol. The summed E-state index contributed by atoms with van der Waals surface area (Å²) in [4.78, 5) is 10.8. The van der Waals surface area contributed by atoms with Crippen LogP contribution in [0.2, 0.25) is 0 Å². The summed E-state index contributed by atoms with van der Waals surface area (Å²) in [5.74, 6) is 0.432. The number of carboxylic acid groups (broad SMARTS) is 1. The lowest BCUT2D eigenvalue weighted by Gasteiger charge is -2.02. The number of carbonyl (C=O) groups is 1. The molecule has 0 bridgehead atoms. The molecular formula is C12H11BrN2O3. The van der Waals surface area contributed by atoms with E-state index in [2.05, 4.69) is 26.4 Å². The Morgan fingerprint density at radius 3 is 2.67 bits per heavy atom. The number of nitrogens with one attached hydrogen (secondary N) is 1. The third kappa shape index (κ3) is 2.53. The molecule has 2 rings (SSSR count). The number of aromatic nitrogens is 1. The van der Waals surface area contributed by atoms with Gasteiger partial charge in [0.1, 0.15) is 11.4 Å². The SMILES string of the molecule is CCc1noc(-c2ccc(Br)cc2)c1NC(=O)O. The molecule has 6 heteroatoms. The van der Waals surface area contributed by atoms with E-state index in [1.165, 1.54) is 0 Å². The number of hydrogen-bond acceptors (Lipinski definition) is 3. The van der Waals surface area contributed by atoms with Crippen molar-refractivity contribution in [3.8, 4) is 11.3 Å². The van der Waals surface area contributed by atoms with E-state index in [1.807, 2.05) is 31.2 Å². The summed E-state index contributed by atoms with van der Waals surface area (Å²) >= 11 is 3.34. The smallest absolute Gasteiger partial charge is 0.409 e. The number of rotatable bonds is 3. The molecule has 0 unspecified atom stereocenters. The van der Waals surface area contributed by atoms with Gasteiger partial charge in [-0.25, -0.2) is 4.79 Å². The number of halogens is 1. The zero-order valence-electron chi connectivity index (χ0n) is 9.61. The van der Waals surface area contributed by atoms with Gasteiger partial charge in [0.2, 0.25) is 0 Å². The molecule has 0 atom stereocenters.